The zero-order valence-electron chi connectivity index (χ0n) is 62.3. The predicted octanol–water partition coefficient (Wildman–Crippen LogP) is 22.0. The van der Waals surface area contributed by atoms with E-state index in [2.05, 4.69) is 55.4 Å². The van der Waals surface area contributed by atoms with E-state index in [0.29, 0.717) is 31.6 Å². The molecule has 0 aromatic heterocycles. The molecule has 0 saturated heterocycles. The van der Waals surface area contributed by atoms with Crippen molar-refractivity contribution in [1.29, 1.82) is 0 Å². The molecule has 0 bridgehead atoms. The first-order valence-electron chi connectivity index (χ1n) is 39.2. The average molecular weight is 1400 g/mol. The summed E-state index contributed by atoms with van der Waals surface area (Å²) in [5.41, 5.74) is 0. The summed E-state index contributed by atoms with van der Waals surface area (Å²) in [4.78, 5) is 72.8. The molecule has 0 saturated carbocycles. The van der Waals surface area contributed by atoms with Crippen LogP contribution in [0.2, 0.25) is 0 Å². The highest BCUT2D eigenvalue weighted by atomic mass is 31.2. The summed E-state index contributed by atoms with van der Waals surface area (Å²) in [6.45, 7) is 14.1. The molecule has 0 aromatic rings. The quantitative estimate of drug-likeness (QED) is 0.0222. The van der Waals surface area contributed by atoms with Crippen LogP contribution in [0, 0.1) is 23.7 Å². The van der Waals surface area contributed by atoms with Crippen LogP contribution < -0.4 is 0 Å². The maximum absolute atomic E-state index is 13.1. The summed E-state index contributed by atoms with van der Waals surface area (Å²) in [5.74, 6) is 0.901. The van der Waals surface area contributed by atoms with Gasteiger partial charge in [-0.2, -0.15) is 0 Å². The number of carbonyl (C=O) groups excluding carboxylic acids is 4. The Labute approximate surface area is 581 Å². The number of ether oxygens (including phenoxy) is 4. The minimum atomic E-state index is -4.96. The number of phosphoric ester groups is 2. The Hall–Kier alpha value is -1.94. The van der Waals surface area contributed by atoms with E-state index in [9.17, 15) is 43.2 Å². The number of unbranched alkanes of at least 4 members (excludes halogenated alkanes) is 38. The van der Waals surface area contributed by atoms with E-state index in [-0.39, 0.29) is 25.7 Å². The highest BCUT2D eigenvalue weighted by Gasteiger charge is 2.30. The number of hydrogen-bond donors (Lipinski definition) is 3. The average Bonchev–Trinajstić information content (AvgIpc) is 1.53. The van der Waals surface area contributed by atoms with Crippen molar-refractivity contribution in [3.05, 3.63) is 0 Å². The molecule has 0 amide bonds. The Bertz CT molecular complexity index is 1870. The van der Waals surface area contributed by atoms with Crippen LogP contribution in [0.25, 0.3) is 0 Å². The number of carbonyl (C=O) groups is 4. The fraction of sp³-hybridized carbons (Fsp3) is 0.947. The molecule has 6 atom stereocenters. The molecule has 0 rings (SSSR count). The maximum atomic E-state index is 13.1. The third-order valence-corrected chi connectivity index (χ3v) is 19.8. The Morgan fingerprint density at radius 3 is 0.747 bits per heavy atom. The Balaban J connectivity index is 5.19. The van der Waals surface area contributed by atoms with Crippen molar-refractivity contribution in [3.8, 4) is 0 Å². The van der Waals surface area contributed by atoms with Crippen molar-refractivity contribution in [1.82, 2.24) is 0 Å². The first kappa shape index (κ1) is 93.1. The van der Waals surface area contributed by atoms with Gasteiger partial charge in [0.05, 0.1) is 26.4 Å². The first-order valence-corrected chi connectivity index (χ1v) is 42.2. The minimum Gasteiger partial charge on any atom is -0.462 e. The topological polar surface area (TPSA) is 237 Å². The summed E-state index contributed by atoms with van der Waals surface area (Å²) < 4.78 is 68.5. The van der Waals surface area contributed by atoms with E-state index in [1.807, 2.05) is 0 Å². The van der Waals surface area contributed by atoms with Gasteiger partial charge in [0.2, 0.25) is 0 Å². The smallest absolute Gasteiger partial charge is 0.462 e. The zero-order valence-corrected chi connectivity index (χ0v) is 64.1. The highest BCUT2D eigenvalue weighted by molar-refractivity contribution is 7.47. The van der Waals surface area contributed by atoms with Gasteiger partial charge in [0, 0.05) is 25.7 Å². The van der Waals surface area contributed by atoms with Crippen LogP contribution in [0.5, 0.6) is 0 Å². The molecule has 0 aliphatic carbocycles. The second kappa shape index (κ2) is 65.4. The Morgan fingerprint density at radius 1 is 0.295 bits per heavy atom. The summed E-state index contributed by atoms with van der Waals surface area (Å²) in [5, 5.41) is 10.6. The van der Waals surface area contributed by atoms with Gasteiger partial charge in [-0.1, -0.05) is 331 Å². The van der Waals surface area contributed by atoms with Gasteiger partial charge in [0.25, 0.3) is 0 Å². The van der Waals surface area contributed by atoms with Gasteiger partial charge in [-0.15, -0.1) is 0 Å². The van der Waals surface area contributed by atoms with Gasteiger partial charge in [0.1, 0.15) is 19.3 Å². The fourth-order valence-electron chi connectivity index (χ4n) is 11.5. The van der Waals surface area contributed by atoms with E-state index in [0.717, 1.165) is 114 Å². The number of aliphatic hydroxyl groups excluding tert-OH is 1. The molecule has 0 spiro atoms. The molecule has 0 aliphatic heterocycles. The van der Waals surface area contributed by atoms with Crippen molar-refractivity contribution in [3.63, 3.8) is 0 Å². The molecule has 4 unspecified atom stereocenters. The lowest BCUT2D eigenvalue weighted by atomic mass is 10.00. The first-order chi connectivity index (χ1) is 45.6. The molecule has 0 aromatic carbocycles. The van der Waals surface area contributed by atoms with E-state index in [4.69, 9.17) is 37.0 Å². The molecule has 17 nitrogen and oxygen atoms in total. The molecule has 0 heterocycles. The molecular weight excluding hydrogens is 1250 g/mol. The SMILES string of the molecule is CCC(C)CCCCCCCCC(=O)O[C@H](COC(=O)CCCCCCCCCCCCCCCC(C)C)COP(=O)(O)OCC(O)COP(=O)(O)OC[C@@H](COC(=O)CCCCCCCCCC(C)C)OC(=O)CCCCCCCCCCCCCCCCCCC(C)C. The molecule has 95 heavy (non-hydrogen) atoms. The zero-order chi connectivity index (χ0) is 70.3. The maximum Gasteiger partial charge on any atom is 0.472 e. The number of phosphoric acid groups is 2. The van der Waals surface area contributed by atoms with Crippen LogP contribution in [-0.2, 0) is 65.4 Å². The van der Waals surface area contributed by atoms with E-state index >= 15 is 0 Å². The second-order valence-electron chi connectivity index (χ2n) is 29.1. The van der Waals surface area contributed by atoms with Gasteiger partial charge in [-0.25, -0.2) is 9.13 Å². The monoisotopic (exact) mass is 1400 g/mol. The van der Waals surface area contributed by atoms with Crippen molar-refractivity contribution in [2.75, 3.05) is 39.6 Å². The van der Waals surface area contributed by atoms with E-state index in [1.165, 1.54) is 180 Å². The number of hydrogen-bond acceptors (Lipinski definition) is 15. The molecule has 19 heteroatoms. The summed E-state index contributed by atoms with van der Waals surface area (Å²) in [7, 11) is -9.91. The molecule has 3 N–H and O–H groups in total. The third kappa shape index (κ3) is 69.0. The largest absolute Gasteiger partial charge is 0.472 e. The van der Waals surface area contributed by atoms with Crippen molar-refractivity contribution < 1.29 is 80.2 Å². The standard InChI is InChI=1S/C76H148O17P2/c1-9-69(8)55-47-39-34-35-43-51-59-76(81)93-72(63-86-73(78)56-48-40-31-25-21-18-14-16-20-24-29-37-45-53-67(4)5)65-91-95(84,85)89-61-70(77)60-88-94(82,83)90-64-71(62-87-74(79)57-49-41-33-27-30-38-46-54-68(6)7)92-75(80)58-50-42-32-26-22-17-13-11-10-12-15-19-23-28-36-44-52-66(2)3/h66-72,77H,9-65H2,1-8H3,(H,82,83)(H,84,85)/t69?,70?,71-,72-/m1/s1. The normalized spacial score (nSPS) is 14.4. The lowest BCUT2D eigenvalue weighted by Crippen LogP contribution is -2.30. The third-order valence-electron chi connectivity index (χ3n) is 17.9. The van der Waals surface area contributed by atoms with Crippen LogP contribution in [-0.4, -0.2) is 96.7 Å². The predicted molar refractivity (Wildman–Crippen MR) is 386 cm³/mol. The molecule has 0 aliphatic rings. The van der Waals surface area contributed by atoms with Crippen LogP contribution in [0.4, 0.5) is 0 Å². The second-order valence-corrected chi connectivity index (χ2v) is 32.0. The van der Waals surface area contributed by atoms with Gasteiger partial charge >= 0.3 is 39.5 Å². The highest BCUT2D eigenvalue weighted by Crippen LogP contribution is 2.45. The Kier molecular flexibility index (Phi) is 64.0. The molecule has 0 radical (unpaired) electrons. The van der Waals surface area contributed by atoms with Gasteiger partial charge < -0.3 is 33.8 Å². The summed E-state index contributed by atoms with van der Waals surface area (Å²) in [6, 6.07) is 0. The van der Waals surface area contributed by atoms with Crippen LogP contribution in [0.1, 0.15) is 383 Å². The van der Waals surface area contributed by atoms with Crippen molar-refractivity contribution in [2.24, 2.45) is 23.7 Å². The van der Waals surface area contributed by atoms with Crippen LogP contribution in [0.15, 0.2) is 0 Å². The molecular formula is C76H148O17P2. The number of aliphatic hydroxyl groups is 1. The van der Waals surface area contributed by atoms with Gasteiger partial charge in [-0.05, 0) is 49.4 Å². The summed E-state index contributed by atoms with van der Waals surface area (Å²) >= 11 is 0. The fourth-order valence-corrected chi connectivity index (χ4v) is 13.1. The van der Waals surface area contributed by atoms with Crippen molar-refractivity contribution >= 4 is 39.5 Å². The number of esters is 4. The lowest BCUT2D eigenvalue weighted by molar-refractivity contribution is -0.161. The van der Waals surface area contributed by atoms with E-state index < -0.39 is 97.5 Å². The molecule has 564 valence electrons. The van der Waals surface area contributed by atoms with Gasteiger partial charge in [0.15, 0.2) is 12.2 Å². The van der Waals surface area contributed by atoms with E-state index in [1.54, 1.807) is 0 Å². The van der Waals surface area contributed by atoms with Gasteiger partial charge in [-0.3, -0.25) is 37.3 Å². The number of rotatable bonds is 73. The van der Waals surface area contributed by atoms with Crippen LogP contribution >= 0.6 is 15.6 Å². The van der Waals surface area contributed by atoms with Crippen molar-refractivity contribution in [2.45, 2.75) is 401 Å². The summed E-state index contributed by atoms with van der Waals surface area (Å²) in [6.07, 6.45) is 50.1. The van der Waals surface area contributed by atoms with Crippen LogP contribution in [0.3, 0.4) is 0 Å². The Morgan fingerprint density at radius 2 is 0.505 bits per heavy atom. The lowest BCUT2D eigenvalue weighted by Gasteiger charge is -2.21. The molecule has 0 fully saturated rings. The minimum absolute atomic E-state index is 0.103.